The van der Waals surface area contributed by atoms with Crippen LogP contribution in [0.1, 0.15) is 44.9 Å². The molecule has 4 rings (SSSR count). The van der Waals surface area contributed by atoms with E-state index in [4.69, 9.17) is 18.6 Å². The van der Waals surface area contributed by atoms with Crippen LogP contribution < -0.4 is 18.6 Å². The van der Waals surface area contributed by atoms with Gasteiger partial charge >= 0.3 is 0 Å². The molecular formula is C15H23ClN2O5. The highest BCUT2D eigenvalue weighted by Crippen LogP contribution is 2.38. The number of rotatable bonds is 0. The van der Waals surface area contributed by atoms with Crippen LogP contribution >= 0.6 is 0 Å². The zero-order valence-electron chi connectivity index (χ0n) is 13.1. The molecule has 23 heavy (non-hydrogen) atoms. The second kappa shape index (κ2) is 6.64. The van der Waals surface area contributed by atoms with Gasteiger partial charge in [-0.25, -0.2) is 23.2 Å². The van der Waals surface area contributed by atoms with Crippen molar-refractivity contribution < 1.29 is 38.2 Å². The molecule has 3 atom stereocenters. The maximum absolute atomic E-state index is 12.1. The molecule has 0 aromatic carbocycles. The predicted octanol–water partition coefficient (Wildman–Crippen LogP) is -3.10. The van der Waals surface area contributed by atoms with Crippen LogP contribution in [0.25, 0.3) is 0 Å². The van der Waals surface area contributed by atoms with Crippen molar-refractivity contribution in [2.45, 2.75) is 51.0 Å². The molecule has 2 saturated heterocycles. The lowest BCUT2D eigenvalue weighted by molar-refractivity contribution is -2.00. The molecule has 1 amide bonds. The molecule has 8 heteroatoms. The summed E-state index contributed by atoms with van der Waals surface area (Å²) < 4.78 is 36.7. The molecule has 4 aliphatic rings. The minimum Gasteiger partial charge on any atom is -0.338 e. The first-order chi connectivity index (χ1) is 10.8. The van der Waals surface area contributed by atoms with E-state index < -0.39 is 10.2 Å². The fourth-order valence-corrected chi connectivity index (χ4v) is 4.81. The molecule has 7 nitrogen and oxygen atoms in total. The number of fused-ring (bicyclic) bond motifs is 5. The van der Waals surface area contributed by atoms with Gasteiger partial charge in [0.15, 0.2) is 5.71 Å². The number of hydrogen-bond donors (Lipinski definition) is 0. The third-order valence-electron chi connectivity index (χ3n) is 5.60. The lowest BCUT2D eigenvalue weighted by atomic mass is 9.73. The average Bonchev–Trinajstić information content (AvgIpc) is 2.47. The van der Waals surface area contributed by atoms with Crippen molar-refractivity contribution >= 4 is 11.6 Å². The Bertz CT molecular complexity index is 499. The Morgan fingerprint density at radius 3 is 2.57 bits per heavy atom. The van der Waals surface area contributed by atoms with Crippen LogP contribution in [-0.4, -0.2) is 46.8 Å². The second-order valence-electron chi connectivity index (χ2n) is 6.97. The van der Waals surface area contributed by atoms with Crippen molar-refractivity contribution in [2.75, 3.05) is 19.6 Å². The summed E-state index contributed by atoms with van der Waals surface area (Å²) in [5.74, 6) is 1.89. The largest absolute Gasteiger partial charge is 0.338 e. The van der Waals surface area contributed by atoms with Crippen LogP contribution in [0.4, 0.5) is 0 Å². The zero-order valence-corrected chi connectivity index (χ0v) is 13.9. The maximum atomic E-state index is 12.1. The van der Waals surface area contributed by atoms with E-state index in [0.29, 0.717) is 17.9 Å². The van der Waals surface area contributed by atoms with Crippen molar-refractivity contribution in [1.29, 1.82) is 0 Å². The molecule has 2 fully saturated rings. The molecule has 0 aliphatic carbocycles. The van der Waals surface area contributed by atoms with Gasteiger partial charge in [-0.15, -0.1) is 10.2 Å². The Morgan fingerprint density at radius 2 is 1.83 bits per heavy atom. The Balaban J connectivity index is 0.000000276. The molecule has 0 spiro atoms. The van der Waals surface area contributed by atoms with E-state index in [2.05, 4.69) is 9.48 Å². The van der Waals surface area contributed by atoms with Crippen LogP contribution in [0.2, 0.25) is 0 Å². The van der Waals surface area contributed by atoms with E-state index >= 15 is 0 Å². The average molecular weight is 347 g/mol. The number of carbonyl (C=O) groups excluding carboxylic acids is 1. The molecule has 0 N–H and O–H groups in total. The van der Waals surface area contributed by atoms with Crippen LogP contribution in [0.5, 0.6) is 0 Å². The molecule has 0 saturated carbocycles. The number of nitrogens with zero attached hydrogens (tertiary/aromatic N) is 2. The summed E-state index contributed by atoms with van der Waals surface area (Å²) >= 11 is 0. The highest BCUT2D eigenvalue weighted by Gasteiger charge is 2.48. The second-order valence-corrected chi connectivity index (χ2v) is 7.73. The van der Waals surface area contributed by atoms with Crippen LogP contribution in [0, 0.1) is 22.1 Å². The molecule has 0 unspecified atom stereocenters. The summed E-state index contributed by atoms with van der Waals surface area (Å²) in [4.78, 5) is 14.4. The van der Waals surface area contributed by atoms with Gasteiger partial charge < -0.3 is 4.90 Å². The standard InChI is InChI=1S/C15H23N2O.ClHO4/c18-15-6-3-5-14-11-8-12(10-17(14)15)13-4-1-2-7-16(13)9-11;2-1(3,4)5/h11-12,14H,1-10H2;(H,2,3,4,5)/q+1;/p-1/t11-,12-,14+;/m0./s1. The summed E-state index contributed by atoms with van der Waals surface area (Å²) in [6.07, 6.45) is 8.57. The minimum atomic E-state index is -4.94. The fraction of sp³-hybridized carbons (Fsp3) is 0.867. The third kappa shape index (κ3) is 4.03. The Labute approximate surface area is 137 Å². The number of halogens is 1. The van der Waals surface area contributed by atoms with Gasteiger partial charge in [0.2, 0.25) is 5.91 Å². The Morgan fingerprint density at radius 1 is 1.09 bits per heavy atom. The molecule has 0 radical (unpaired) electrons. The lowest BCUT2D eigenvalue weighted by Gasteiger charge is -2.48. The maximum Gasteiger partial charge on any atom is 0.222 e. The molecular weight excluding hydrogens is 324 g/mol. The number of carbonyl (C=O) groups is 1. The monoisotopic (exact) mass is 346 g/mol. The Kier molecular flexibility index (Phi) is 4.94. The minimum absolute atomic E-state index is 0.436. The van der Waals surface area contributed by atoms with Crippen molar-refractivity contribution in [2.24, 2.45) is 11.8 Å². The van der Waals surface area contributed by atoms with Crippen LogP contribution in [0.3, 0.4) is 0 Å². The number of hydrogen-bond acceptors (Lipinski definition) is 5. The van der Waals surface area contributed by atoms with Crippen LogP contribution in [0.15, 0.2) is 0 Å². The van der Waals surface area contributed by atoms with Crippen molar-refractivity contribution in [3.05, 3.63) is 0 Å². The third-order valence-corrected chi connectivity index (χ3v) is 5.60. The van der Waals surface area contributed by atoms with Crippen molar-refractivity contribution in [3.63, 3.8) is 0 Å². The van der Waals surface area contributed by atoms with Gasteiger partial charge in [-0.3, -0.25) is 4.79 Å². The first kappa shape index (κ1) is 17.1. The SMILES string of the molecule is O=C1CCC[C@@H]2[C@H]3C[C@@H](CN12)C1=[N+](CCCC1)C3.[O-][Cl+3]([O-])([O-])[O-]. The van der Waals surface area contributed by atoms with Gasteiger partial charge in [0.05, 0.1) is 5.92 Å². The van der Waals surface area contributed by atoms with Gasteiger partial charge in [-0.05, 0) is 25.7 Å². The highest BCUT2D eigenvalue weighted by atomic mass is 35.7. The van der Waals surface area contributed by atoms with Gasteiger partial charge in [0.25, 0.3) is 0 Å². The lowest BCUT2D eigenvalue weighted by Crippen LogP contribution is -2.68. The van der Waals surface area contributed by atoms with E-state index in [9.17, 15) is 4.79 Å². The number of piperidine rings is 2. The van der Waals surface area contributed by atoms with Gasteiger partial charge in [-0.2, -0.15) is 0 Å². The van der Waals surface area contributed by atoms with E-state index in [-0.39, 0.29) is 0 Å². The Hall–Kier alpha value is -0.730. The summed E-state index contributed by atoms with van der Waals surface area (Å²) in [5.41, 5.74) is 1.69. The van der Waals surface area contributed by atoms with E-state index in [1.165, 1.54) is 45.2 Å². The van der Waals surface area contributed by atoms with E-state index in [1.54, 1.807) is 5.71 Å². The van der Waals surface area contributed by atoms with E-state index in [0.717, 1.165) is 25.3 Å². The van der Waals surface area contributed by atoms with Gasteiger partial charge in [0, 0.05) is 37.8 Å². The first-order valence-electron chi connectivity index (χ1n) is 8.35. The normalized spacial score (nSPS) is 33.5. The molecule has 130 valence electrons. The highest BCUT2D eigenvalue weighted by molar-refractivity contribution is 5.85. The zero-order chi connectivity index (χ0) is 16.6. The van der Waals surface area contributed by atoms with Gasteiger partial charge in [0.1, 0.15) is 13.1 Å². The summed E-state index contributed by atoms with van der Waals surface area (Å²) in [6, 6.07) is 0.575. The predicted molar refractivity (Wildman–Crippen MR) is 69.8 cm³/mol. The number of amides is 1. The van der Waals surface area contributed by atoms with Gasteiger partial charge in [-0.1, -0.05) is 0 Å². The molecule has 0 aromatic rings. The molecule has 4 aliphatic heterocycles. The topological polar surface area (TPSA) is 116 Å². The van der Waals surface area contributed by atoms with E-state index in [1.807, 2.05) is 0 Å². The molecule has 2 bridgehead atoms. The molecule has 0 aromatic heterocycles. The van der Waals surface area contributed by atoms with Crippen LogP contribution in [-0.2, 0) is 4.79 Å². The van der Waals surface area contributed by atoms with Crippen molar-refractivity contribution in [1.82, 2.24) is 4.90 Å². The summed E-state index contributed by atoms with van der Waals surface area (Å²) in [5, 5.41) is 0. The summed E-state index contributed by atoms with van der Waals surface area (Å²) in [6.45, 7) is 3.55. The molecule has 4 heterocycles. The smallest absolute Gasteiger partial charge is 0.222 e. The summed E-state index contributed by atoms with van der Waals surface area (Å²) in [7, 11) is -4.94. The first-order valence-corrected chi connectivity index (χ1v) is 9.58. The van der Waals surface area contributed by atoms with Crippen molar-refractivity contribution in [3.8, 4) is 0 Å². The fourth-order valence-electron chi connectivity index (χ4n) is 4.81. The quantitative estimate of drug-likeness (QED) is 0.431.